The lowest BCUT2D eigenvalue weighted by molar-refractivity contribution is 0.0600. The molecule has 3 heterocycles. The summed E-state index contributed by atoms with van der Waals surface area (Å²) in [5, 5.41) is 8.02. The molecule has 5 rings (SSSR count). The summed E-state index contributed by atoms with van der Waals surface area (Å²) >= 11 is 0. The maximum absolute atomic E-state index is 12.9. The van der Waals surface area contributed by atoms with Crippen LogP contribution in [-0.2, 0) is 11.3 Å². The van der Waals surface area contributed by atoms with Crippen LogP contribution in [0.5, 0.6) is 0 Å². The van der Waals surface area contributed by atoms with E-state index in [9.17, 15) is 14.4 Å². The van der Waals surface area contributed by atoms with Crippen LogP contribution in [0.1, 0.15) is 49.0 Å². The van der Waals surface area contributed by atoms with Crippen LogP contribution >= 0.6 is 0 Å². The SMILES string of the molecule is COC(=O)c1ccc(N2CCN(CCCn3nnc4c3C(=O)c3ncncc3C4=O)CC2)cc1. The number of carbonyl (C=O) groups excluding carboxylic acids is 3. The second-order valence-corrected chi connectivity index (χ2v) is 8.17. The van der Waals surface area contributed by atoms with E-state index in [2.05, 4.69) is 30.1 Å². The molecule has 11 nitrogen and oxygen atoms in total. The van der Waals surface area contributed by atoms with Gasteiger partial charge in [-0.2, -0.15) is 0 Å². The molecule has 1 aromatic carbocycles. The Morgan fingerprint density at radius 3 is 2.50 bits per heavy atom. The predicted octanol–water partition coefficient (Wildman–Crippen LogP) is 0.842. The Balaban J connectivity index is 1.15. The van der Waals surface area contributed by atoms with Crippen LogP contribution in [0.4, 0.5) is 5.69 Å². The number of ketones is 2. The lowest BCUT2D eigenvalue weighted by Crippen LogP contribution is -2.46. The van der Waals surface area contributed by atoms with E-state index in [1.54, 1.807) is 12.1 Å². The van der Waals surface area contributed by atoms with Crippen molar-refractivity contribution in [1.29, 1.82) is 0 Å². The molecule has 174 valence electrons. The first-order chi connectivity index (χ1) is 16.6. The summed E-state index contributed by atoms with van der Waals surface area (Å²) in [6.45, 7) is 4.87. The Morgan fingerprint density at radius 2 is 1.76 bits per heavy atom. The van der Waals surface area contributed by atoms with E-state index in [0.29, 0.717) is 12.1 Å². The first kappa shape index (κ1) is 21.8. The summed E-state index contributed by atoms with van der Waals surface area (Å²) in [6.07, 6.45) is 3.37. The molecule has 0 atom stereocenters. The molecule has 2 aliphatic rings. The molecular weight excluding hydrogens is 438 g/mol. The zero-order valence-electron chi connectivity index (χ0n) is 18.7. The van der Waals surface area contributed by atoms with Gasteiger partial charge in [0.25, 0.3) is 0 Å². The Morgan fingerprint density at radius 1 is 1.00 bits per heavy atom. The highest BCUT2D eigenvalue weighted by Crippen LogP contribution is 2.24. The quantitative estimate of drug-likeness (QED) is 0.382. The Bertz CT molecular complexity index is 1250. The van der Waals surface area contributed by atoms with Crippen LogP contribution in [-0.4, -0.2) is 87.2 Å². The van der Waals surface area contributed by atoms with Crippen LogP contribution in [0.3, 0.4) is 0 Å². The zero-order chi connectivity index (χ0) is 23.7. The van der Waals surface area contributed by atoms with Gasteiger partial charge in [-0.3, -0.25) is 14.5 Å². The van der Waals surface area contributed by atoms with Crippen molar-refractivity contribution in [3.63, 3.8) is 0 Å². The number of piperazine rings is 1. The van der Waals surface area contributed by atoms with Crippen molar-refractivity contribution < 1.29 is 19.1 Å². The number of esters is 1. The molecule has 11 heteroatoms. The predicted molar refractivity (Wildman–Crippen MR) is 120 cm³/mol. The van der Waals surface area contributed by atoms with Crippen molar-refractivity contribution in [2.24, 2.45) is 0 Å². The van der Waals surface area contributed by atoms with Gasteiger partial charge in [-0.1, -0.05) is 5.21 Å². The summed E-state index contributed by atoms with van der Waals surface area (Å²) < 4.78 is 6.26. The number of hydrogen-bond donors (Lipinski definition) is 0. The summed E-state index contributed by atoms with van der Waals surface area (Å²) in [4.78, 5) is 49.6. The summed E-state index contributed by atoms with van der Waals surface area (Å²) in [5.74, 6) is -1.05. The number of hydrogen-bond acceptors (Lipinski definition) is 10. The molecule has 0 amide bonds. The highest BCUT2D eigenvalue weighted by Gasteiger charge is 2.36. The molecule has 0 spiro atoms. The van der Waals surface area contributed by atoms with Gasteiger partial charge in [-0.25, -0.2) is 19.4 Å². The van der Waals surface area contributed by atoms with Gasteiger partial charge in [-0.05, 0) is 30.7 Å². The minimum absolute atomic E-state index is 0.0686. The number of rotatable bonds is 6. The van der Waals surface area contributed by atoms with Gasteiger partial charge in [0.15, 0.2) is 5.69 Å². The third-order valence-corrected chi connectivity index (χ3v) is 6.21. The number of fused-ring (bicyclic) bond motifs is 2. The van der Waals surface area contributed by atoms with Crippen LogP contribution in [0.15, 0.2) is 36.8 Å². The Kier molecular flexibility index (Phi) is 5.84. The third-order valence-electron chi connectivity index (χ3n) is 6.21. The number of anilines is 1. The minimum atomic E-state index is -0.368. The second-order valence-electron chi connectivity index (χ2n) is 8.17. The van der Waals surface area contributed by atoms with Crippen LogP contribution in [0, 0.1) is 0 Å². The normalized spacial score (nSPS) is 15.7. The number of ether oxygens (including phenoxy) is 1. The fraction of sp³-hybridized carbons (Fsp3) is 0.348. The molecule has 34 heavy (non-hydrogen) atoms. The molecule has 0 unspecified atom stereocenters. The molecule has 0 radical (unpaired) electrons. The second kappa shape index (κ2) is 9.10. The van der Waals surface area contributed by atoms with Crippen molar-refractivity contribution in [1.82, 2.24) is 29.9 Å². The maximum atomic E-state index is 12.9. The van der Waals surface area contributed by atoms with E-state index in [1.165, 1.54) is 24.3 Å². The number of benzene rings is 1. The van der Waals surface area contributed by atoms with Crippen molar-refractivity contribution in [2.45, 2.75) is 13.0 Å². The van der Waals surface area contributed by atoms with Crippen molar-refractivity contribution in [3.05, 3.63) is 65.0 Å². The van der Waals surface area contributed by atoms with Gasteiger partial charge in [0.1, 0.15) is 17.7 Å². The van der Waals surface area contributed by atoms with E-state index in [1.807, 2.05) is 12.1 Å². The molecule has 1 aliphatic carbocycles. The smallest absolute Gasteiger partial charge is 0.337 e. The summed E-state index contributed by atoms with van der Waals surface area (Å²) in [5.41, 5.74) is 2.16. The fourth-order valence-electron chi connectivity index (χ4n) is 4.36. The Labute approximate surface area is 195 Å². The van der Waals surface area contributed by atoms with Gasteiger partial charge in [0.05, 0.1) is 18.2 Å². The first-order valence-electron chi connectivity index (χ1n) is 11.1. The fourth-order valence-corrected chi connectivity index (χ4v) is 4.36. The molecule has 0 N–H and O–H groups in total. The topological polar surface area (TPSA) is 123 Å². The van der Waals surface area contributed by atoms with Crippen molar-refractivity contribution in [2.75, 3.05) is 44.7 Å². The maximum Gasteiger partial charge on any atom is 0.337 e. The van der Waals surface area contributed by atoms with Gasteiger partial charge < -0.3 is 9.64 Å². The van der Waals surface area contributed by atoms with Crippen molar-refractivity contribution in [3.8, 4) is 0 Å². The summed E-state index contributed by atoms with van der Waals surface area (Å²) in [7, 11) is 1.37. The van der Waals surface area contributed by atoms with E-state index < -0.39 is 0 Å². The lowest BCUT2D eigenvalue weighted by atomic mass is 9.95. The van der Waals surface area contributed by atoms with Crippen LogP contribution < -0.4 is 4.90 Å². The van der Waals surface area contributed by atoms with E-state index in [0.717, 1.165) is 44.8 Å². The molecular formula is C23H23N7O4. The van der Waals surface area contributed by atoms with Crippen molar-refractivity contribution >= 4 is 23.2 Å². The van der Waals surface area contributed by atoms with Gasteiger partial charge >= 0.3 is 5.97 Å². The largest absolute Gasteiger partial charge is 0.465 e. The van der Waals surface area contributed by atoms with Gasteiger partial charge in [0, 0.05) is 51.2 Å². The summed E-state index contributed by atoms with van der Waals surface area (Å²) in [6, 6.07) is 7.44. The zero-order valence-corrected chi connectivity index (χ0v) is 18.7. The standard InChI is InChI=1S/C23H23N7O4/c1-34-23(33)15-3-5-16(6-4-15)29-11-9-28(10-12-29)7-2-8-30-20-19(26-27-30)21(31)17-13-24-14-25-18(17)22(20)32/h3-6,13-14H,2,7-12H2,1H3. The first-order valence-corrected chi connectivity index (χ1v) is 11.1. The average molecular weight is 461 g/mol. The van der Waals surface area contributed by atoms with E-state index in [-0.39, 0.29) is 40.2 Å². The Hall–Kier alpha value is -3.99. The minimum Gasteiger partial charge on any atom is -0.465 e. The van der Waals surface area contributed by atoms with Crippen LogP contribution in [0.2, 0.25) is 0 Å². The lowest BCUT2D eigenvalue weighted by Gasteiger charge is -2.36. The highest BCUT2D eigenvalue weighted by molar-refractivity contribution is 6.26. The highest BCUT2D eigenvalue weighted by atomic mass is 16.5. The molecule has 2 aromatic heterocycles. The monoisotopic (exact) mass is 461 g/mol. The molecule has 1 fully saturated rings. The number of carbonyl (C=O) groups is 3. The van der Waals surface area contributed by atoms with E-state index in [4.69, 9.17) is 4.74 Å². The molecule has 0 saturated carbocycles. The molecule has 3 aromatic rings. The number of aryl methyl sites for hydroxylation is 1. The van der Waals surface area contributed by atoms with Gasteiger partial charge in [0.2, 0.25) is 11.6 Å². The van der Waals surface area contributed by atoms with E-state index >= 15 is 0 Å². The van der Waals surface area contributed by atoms with Gasteiger partial charge in [-0.15, -0.1) is 5.10 Å². The average Bonchev–Trinajstić information content (AvgIpc) is 3.32. The van der Waals surface area contributed by atoms with Crippen LogP contribution in [0.25, 0.3) is 0 Å². The molecule has 0 bridgehead atoms. The number of aromatic nitrogens is 5. The molecule has 1 saturated heterocycles. The molecule has 1 aliphatic heterocycles. The third kappa shape index (κ3) is 3.94. The number of methoxy groups -OCH3 is 1. The number of nitrogens with zero attached hydrogens (tertiary/aromatic N) is 7.